The molecular weight excluding hydrogens is 374 g/mol. The molecule has 0 bridgehead atoms. The quantitative estimate of drug-likeness (QED) is 0.454. The fourth-order valence-corrected chi connectivity index (χ4v) is 3.46. The predicted molar refractivity (Wildman–Crippen MR) is 110 cm³/mol. The van der Waals surface area contributed by atoms with E-state index in [2.05, 4.69) is 4.57 Å². The zero-order valence-electron chi connectivity index (χ0n) is 15.0. The average molecular weight is 392 g/mol. The van der Waals surface area contributed by atoms with Crippen molar-refractivity contribution < 1.29 is 14.6 Å². The molecule has 0 fully saturated rings. The number of hydrogen-bond donors (Lipinski definition) is 1. The van der Waals surface area contributed by atoms with Crippen molar-refractivity contribution in [3.8, 4) is 11.5 Å². The van der Waals surface area contributed by atoms with Crippen LogP contribution in [0.15, 0.2) is 79.0 Å². The third-order valence-electron chi connectivity index (χ3n) is 4.52. The zero-order chi connectivity index (χ0) is 19.5. The zero-order valence-corrected chi connectivity index (χ0v) is 15.8. The van der Waals surface area contributed by atoms with Crippen LogP contribution in [-0.4, -0.2) is 15.6 Å². The number of nitrogens with zero attached hydrogens (tertiary/aromatic N) is 1. The Kier molecular flexibility index (Phi) is 5.04. The van der Waals surface area contributed by atoms with Gasteiger partial charge in [-0.05, 0) is 47.5 Å². The molecule has 0 spiro atoms. The predicted octanol–water partition coefficient (Wildman–Crippen LogP) is 5.76. The molecule has 5 heteroatoms. The number of benzene rings is 3. The van der Waals surface area contributed by atoms with Gasteiger partial charge < -0.3 is 14.4 Å². The van der Waals surface area contributed by atoms with E-state index in [1.54, 1.807) is 12.1 Å². The number of ether oxygens (including phenoxy) is 1. The molecule has 1 aromatic heterocycles. The van der Waals surface area contributed by atoms with Crippen LogP contribution in [0.4, 0.5) is 0 Å². The Bertz CT molecular complexity index is 1130. The summed E-state index contributed by atoms with van der Waals surface area (Å²) in [5, 5.41) is 10.8. The van der Waals surface area contributed by atoms with Crippen LogP contribution in [0.1, 0.15) is 11.1 Å². The van der Waals surface area contributed by atoms with Gasteiger partial charge in [0.05, 0.1) is 6.42 Å². The summed E-state index contributed by atoms with van der Waals surface area (Å²) in [6.45, 7) is 0.650. The lowest BCUT2D eigenvalue weighted by Gasteiger charge is -2.09. The van der Waals surface area contributed by atoms with Gasteiger partial charge in [0.2, 0.25) is 0 Å². The normalized spacial score (nSPS) is 10.9. The number of aliphatic carboxylic acids is 1. The minimum Gasteiger partial charge on any atom is -0.481 e. The molecule has 4 aromatic rings. The molecule has 0 unspecified atom stereocenters. The van der Waals surface area contributed by atoms with Gasteiger partial charge in [0, 0.05) is 28.7 Å². The van der Waals surface area contributed by atoms with Crippen LogP contribution < -0.4 is 4.74 Å². The number of aromatic nitrogens is 1. The summed E-state index contributed by atoms with van der Waals surface area (Å²) >= 11 is 5.99. The van der Waals surface area contributed by atoms with Gasteiger partial charge in [-0.3, -0.25) is 4.79 Å². The van der Waals surface area contributed by atoms with Gasteiger partial charge in [0.25, 0.3) is 0 Å². The van der Waals surface area contributed by atoms with Gasteiger partial charge in [0.1, 0.15) is 11.5 Å². The fraction of sp³-hybridized carbons (Fsp3) is 0.0870. The first-order chi connectivity index (χ1) is 13.6. The maximum atomic E-state index is 11.2. The van der Waals surface area contributed by atoms with Crippen LogP contribution >= 0.6 is 11.6 Å². The first-order valence-corrected chi connectivity index (χ1v) is 9.27. The molecule has 0 radical (unpaired) electrons. The van der Waals surface area contributed by atoms with Gasteiger partial charge in [0.15, 0.2) is 0 Å². The van der Waals surface area contributed by atoms with Crippen molar-refractivity contribution in [3.63, 3.8) is 0 Å². The molecule has 0 saturated carbocycles. The molecule has 0 saturated heterocycles. The number of halogens is 1. The van der Waals surface area contributed by atoms with E-state index in [-0.39, 0.29) is 6.42 Å². The molecule has 28 heavy (non-hydrogen) atoms. The smallest absolute Gasteiger partial charge is 0.307 e. The second kappa shape index (κ2) is 7.79. The fourth-order valence-electron chi connectivity index (χ4n) is 3.28. The van der Waals surface area contributed by atoms with Crippen LogP contribution in [-0.2, 0) is 17.8 Å². The number of rotatable bonds is 6. The standard InChI is InChI=1S/C23H18ClNO3/c24-18-4-3-5-20(13-18)28-19-10-8-16(9-11-19)14-25-15-17(12-23(26)27)21-6-1-2-7-22(21)25/h1-11,13,15H,12,14H2,(H,26,27). The maximum absolute atomic E-state index is 11.2. The summed E-state index contributed by atoms with van der Waals surface area (Å²) in [6, 6.07) is 23.0. The Morgan fingerprint density at radius 3 is 2.50 bits per heavy atom. The van der Waals surface area contributed by atoms with Gasteiger partial charge in [-0.25, -0.2) is 0 Å². The van der Waals surface area contributed by atoms with Crippen molar-refractivity contribution >= 4 is 28.5 Å². The molecular formula is C23H18ClNO3. The topological polar surface area (TPSA) is 51.5 Å². The minimum atomic E-state index is -0.828. The monoisotopic (exact) mass is 391 g/mol. The summed E-state index contributed by atoms with van der Waals surface area (Å²) in [4.78, 5) is 11.2. The van der Waals surface area contributed by atoms with Crippen molar-refractivity contribution in [2.24, 2.45) is 0 Å². The number of carbonyl (C=O) groups is 1. The Labute approximate surface area is 167 Å². The lowest BCUT2D eigenvalue weighted by atomic mass is 10.1. The Hall–Kier alpha value is -3.24. The highest BCUT2D eigenvalue weighted by molar-refractivity contribution is 6.30. The average Bonchev–Trinajstić information content (AvgIpc) is 3.00. The molecule has 140 valence electrons. The molecule has 3 aromatic carbocycles. The summed E-state index contributed by atoms with van der Waals surface area (Å²) < 4.78 is 7.91. The van der Waals surface area contributed by atoms with E-state index in [0.717, 1.165) is 27.8 Å². The SMILES string of the molecule is O=C(O)Cc1cn(Cc2ccc(Oc3cccc(Cl)c3)cc2)c2ccccc12. The highest BCUT2D eigenvalue weighted by Crippen LogP contribution is 2.26. The molecule has 0 aliphatic heterocycles. The highest BCUT2D eigenvalue weighted by Gasteiger charge is 2.11. The van der Waals surface area contributed by atoms with Crippen molar-refractivity contribution in [1.82, 2.24) is 4.57 Å². The third kappa shape index (κ3) is 4.02. The lowest BCUT2D eigenvalue weighted by molar-refractivity contribution is -0.136. The molecule has 4 rings (SSSR count). The number of carboxylic acid groups (broad SMARTS) is 1. The molecule has 1 heterocycles. The Morgan fingerprint density at radius 1 is 0.964 bits per heavy atom. The number of carboxylic acids is 1. The molecule has 0 aliphatic carbocycles. The molecule has 0 amide bonds. The van der Waals surface area contributed by atoms with Gasteiger partial charge in [-0.1, -0.05) is 48.0 Å². The lowest BCUT2D eigenvalue weighted by Crippen LogP contribution is -2.00. The van der Waals surface area contributed by atoms with Crippen LogP contribution in [0, 0.1) is 0 Å². The van der Waals surface area contributed by atoms with E-state index in [4.69, 9.17) is 21.4 Å². The first-order valence-electron chi connectivity index (χ1n) is 8.89. The maximum Gasteiger partial charge on any atom is 0.307 e. The van der Waals surface area contributed by atoms with E-state index < -0.39 is 5.97 Å². The minimum absolute atomic E-state index is 0.0138. The third-order valence-corrected chi connectivity index (χ3v) is 4.76. The molecule has 0 atom stereocenters. The Balaban J connectivity index is 1.55. The van der Waals surface area contributed by atoms with Crippen LogP contribution in [0.5, 0.6) is 11.5 Å². The van der Waals surface area contributed by atoms with Gasteiger partial charge >= 0.3 is 5.97 Å². The molecule has 1 N–H and O–H groups in total. The molecule has 4 nitrogen and oxygen atoms in total. The van der Waals surface area contributed by atoms with Crippen molar-refractivity contribution in [2.75, 3.05) is 0 Å². The van der Waals surface area contributed by atoms with Crippen LogP contribution in [0.3, 0.4) is 0 Å². The van der Waals surface area contributed by atoms with Crippen LogP contribution in [0.25, 0.3) is 10.9 Å². The highest BCUT2D eigenvalue weighted by atomic mass is 35.5. The van der Waals surface area contributed by atoms with Gasteiger partial charge in [-0.2, -0.15) is 0 Å². The van der Waals surface area contributed by atoms with Crippen molar-refractivity contribution in [1.29, 1.82) is 0 Å². The van der Waals surface area contributed by atoms with Crippen molar-refractivity contribution in [3.05, 3.63) is 95.1 Å². The summed E-state index contributed by atoms with van der Waals surface area (Å²) in [5.74, 6) is 0.593. The Morgan fingerprint density at radius 2 is 1.75 bits per heavy atom. The largest absolute Gasteiger partial charge is 0.481 e. The van der Waals surface area contributed by atoms with E-state index in [1.807, 2.05) is 66.9 Å². The van der Waals surface area contributed by atoms with E-state index in [9.17, 15) is 4.79 Å². The number of fused-ring (bicyclic) bond motifs is 1. The van der Waals surface area contributed by atoms with Gasteiger partial charge in [-0.15, -0.1) is 0 Å². The van der Waals surface area contributed by atoms with E-state index in [1.165, 1.54) is 0 Å². The summed E-state index contributed by atoms with van der Waals surface area (Å²) in [5.41, 5.74) is 2.95. The summed E-state index contributed by atoms with van der Waals surface area (Å²) in [7, 11) is 0. The number of hydrogen-bond acceptors (Lipinski definition) is 2. The second-order valence-corrected chi connectivity index (χ2v) is 7.01. The van der Waals surface area contributed by atoms with E-state index in [0.29, 0.717) is 17.3 Å². The second-order valence-electron chi connectivity index (χ2n) is 6.57. The molecule has 0 aliphatic rings. The van der Waals surface area contributed by atoms with Crippen molar-refractivity contribution in [2.45, 2.75) is 13.0 Å². The summed E-state index contributed by atoms with van der Waals surface area (Å²) in [6.07, 6.45) is 1.94. The first kappa shape index (κ1) is 18.1. The van der Waals surface area contributed by atoms with E-state index >= 15 is 0 Å². The van der Waals surface area contributed by atoms with Crippen LogP contribution in [0.2, 0.25) is 5.02 Å². The number of para-hydroxylation sites is 1.